The fourth-order valence-corrected chi connectivity index (χ4v) is 4.57. The number of nitrogens with two attached hydrogens (primary N) is 3. The minimum absolute atomic E-state index is 0.00463. The molecule has 1 heterocycles. The molecule has 190 valence electrons. The number of pyridine rings is 1. The van der Waals surface area contributed by atoms with Crippen molar-refractivity contribution in [2.45, 2.75) is 50.6 Å². The first-order valence-electron chi connectivity index (χ1n) is 12.3. The van der Waals surface area contributed by atoms with Gasteiger partial charge in [0.1, 0.15) is 6.04 Å². The minimum Gasteiger partial charge on any atom is -0.343 e. The van der Waals surface area contributed by atoms with Crippen molar-refractivity contribution in [2.24, 2.45) is 23.1 Å². The number of carbonyl (C=O) groups excluding carboxylic acids is 3. The predicted octanol–water partition coefficient (Wildman–Crippen LogP) is 0.702. The van der Waals surface area contributed by atoms with Crippen LogP contribution in [-0.4, -0.2) is 65.9 Å². The molecule has 10 heteroatoms. The van der Waals surface area contributed by atoms with E-state index in [0.29, 0.717) is 31.9 Å². The standard InChI is InChI=1S/C25H37N7O3/c26-10-12-32(13-11-27)22(33)15-20(28)24(34)31-23(17-6-2-1-3-7-17)25(35)30-19-14-18-8-4-5-9-21(18)29-16-19/h4-5,8-9,14,16-17,20,23H,1-3,6-7,10-13,15,26-28H2,(H,30,35)(H,31,34)/t20-,23-/m0/s1. The summed E-state index contributed by atoms with van der Waals surface area (Å²) >= 11 is 0. The Morgan fingerprint density at radius 2 is 1.71 bits per heavy atom. The Bertz CT molecular complexity index is 1000. The van der Waals surface area contributed by atoms with Crippen LogP contribution >= 0.6 is 0 Å². The largest absolute Gasteiger partial charge is 0.343 e. The number of aromatic nitrogens is 1. The lowest BCUT2D eigenvalue weighted by Crippen LogP contribution is -2.54. The molecule has 3 rings (SSSR count). The van der Waals surface area contributed by atoms with Crippen LogP contribution in [0.15, 0.2) is 36.5 Å². The summed E-state index contributed by atoms with van der Waals surface area (Å²) < 4.78 is 0. The maximum atomic E-state index is 13.3. The first-order chi connectivity index (χ1) is 16.9. The molecule has 0 spiro atoms. The van der Waals surface area contributed by atoms with Crippen LogP contribution in [0.4, 0.5) is 5.69 Å². The number of para-hydroxylation sites is 1. The lowest BCUT2D eigenvalue weighted by molar-refractivity contribution is -0.135. The molecule has 1 aliphatic carbocycles. The Morgan fingerprint density at radius 3 is 2.40 bits per heavy atom. The van der Waals surface area contributed by atoms with E-state index in [2.05, 4.69) is 15.6 Å². The Morgan fingerprint density at radius 1 is 1.03 bits per heavy atom. The first-order valence-corrected chi connectivity index (χ1v) is 12.3. The lowest BCUT2D eigenvalue weighted by atomic mass is 9.83. The number of amides is 3. The van der Waals surface area contributed by atoms with Crippen LogP contribution in [0.2, 0.25) is 0 Å². The highest BCUT2D eigenvalue weighted by molar-refractivity contribution is 5.99. The van der Waals surface area contributed by atoms with Crippen molar-refractivity contribution in [1.82, 2.24) is 15.2 Å². The number of hydrogen-bond donors (Lipinski definition) is 5. The number of hydrogen-bond acceptors (Lipinski definition) is 7. The highest BCUT2D eigenvalue weighted by Gasteiger charge is 2.33. The monoisotopic (exact) mass is 483 g/mol. The van der Waals surface area contributed by atoms with Gasteiger partial charge in [-0.1, -0.05) is 37.5 Å². The van der Waals surface area contributed by atoms with Crippen molar-refractivity contribution in [3.63, 3.8) is 0 Å². The first kappa shape index (κ1) is 26.5. The number of anilines is 1. The summed E-state index contributed by atoms with van der Waals surface area (Å²) in [6.07, 6.45) is 6.21. The van der Waals surface area contributed by atoms with Gasteiger partial charge >= 0.3 is 0 Å². The third-order valence-corrected chi connectivity index (χ3v) is 6.44. The highest BCUT2D eigenvalue weighted by Crippen LogP contribution is 2.27. The zero-order valence-corrected chi connectivity index (χ0v) is 20.1. The fraction of sp³-hybridized carbons (Fsp3) is 0.520. The second kappa shape index (κ2) is 13.1. The van der Waals surface area contributed by atoms with Crippen LogP contribution in [0.5, 0.6) is 0 Å². The van der Waals surface area contributed by atoms with Gasteiger partial charge in [0, 0.05) is 31.6 Å². The molecule has 0 bridgehead atoms. The Hall–Kier alpha value is -3.08. The van der Waals surface area contributed by atoms with Crippen LogP contribution in [0.25, 0.3) is 10.9 Å². The maximum Gasteiger partial charge on any atom is 0.247 e. The van der Waals surface area contributed by atoms with E-state index >= 15 is 0 Å². The van der Waals surface area contributed by atoms with Gasteiger partial charge in [-0.2, -0.15) is 0 Å². The van der Waals surface area contributed by atoms with E-state index in [4.69, 9.17) is 17.2 Å². The average Bonchev–Trinajstić information content (AvgIpc) is 2.87. The molecule has 8 N–H and O–H groups in total. The van der Waals surface area contributed by atoms with Crippen molar-refractivity contribution >= 4 is 34.3 Å². The van der Waals surface area contributed by atoms with Crippen molar-refractivity contribution < 1.29 is 14.4 Å². The zero-order valence-electron chi connectivity index (χ0n) is 20.1. The molecule has 1 aromatic carbocycles. The van der Waals surface area contributed by atoms with Gasteiger partial charge in [-0.3, -0.25) is 19.4 Å². The van der Waals surface area contributed by atoms with E-state index in [1.54, 1.807) is 6.20 Å². The second-order valence-corrected chi connectivity index (χ2v) is 9.06. The van der Waals surface area contributed by atoms with Crippen molar-refractivity contribution in [2.75, 3.05) is 31.5 Å². The van der Waals surface area contributed by atoms with E-state index in [9.17, 15) is 14.4 Å². The summed E-state index contributed by atoms with van der Waals surface area (Å²) in [6, 6.07) is 7.66. The molecule has 1 aromatic heterocycles. The summed E-state index contributed by atoms with van der Waals surface area (Å²) in [7, 11) is 0. The van der Waals surface area contributed by atoms with E-state index in [1.165, 1.54) is 4.90 Å². The molecule has 2 aromatic rings. The van der Waals surface area contributed by atoms with Crippen LogP contribution in [0, 0.1) is 5.92 Å². The third-order valence-electron chi connectivity index (χ3n) is 6.44. The Balaban J connectivity index is 1.69. The number of benzene rings is 1. The van der Waals surface area contributed by atoms with Crippen molar-refractivity contribution in [3.8, 4) is 0 Å². The van der Waals surface area contributed by atoms with Crippen LogP contribution in [-0.2, 0) is 14.4 Å². The van der Waals surface area contributed by atoms with Gasteiger partial charge in [0.15, 0.2) is 0 Å². The number of fused-ring (bicyclic) bond motifs is 1. The molecule has 2 atom stereocenters. The maximum absolute atomic E-state index is 13.3. The Labute approximate surface area is 206 Å². The molecule has 0 unspecified atom stereocenters. The number of nitrogens with one attached hydrogen (secondary N) is 2. The molecule has 0 aliphatic heterocycles. The number of nitrogens with zero attached hydrogens (tertiary/aromatic N) is 2. The van der Waals surface area contributed by atoms with Gasteiger partial charge in [0.2, 0.25) is 17.7 Å². The fourth-order valence-electron chi connectivity index (χ4n) is 4.57. The summed E-state index contributed by atoms with van der Waals surface area (Å²) in [5.41, 5.74) is 18.6. The molecule has 35 heavy (non-hydrogen) atoms. The van der Waals surface area contributed by atoms with Gasteiger partial charge in [0.05, 0.1) is 29.9 Å². The molecule has 1 saturated carbocycles. The second-order valence-electron chi connectivity index (χ2n) is 9.06. The smallest absolute Gasteiger partial charge is 0.247 e. The molecule has 1 fully saturated rings. The van der Waals surface area contributed by atoms with E-state index in [-0.39, 0.29) is 24.2 Å². The lowest BCUT2D eigenvalue weighted by Gasteiger charge is -2.31. The van der Waals surface area contributed by atoms with Gasteiger partial charge in [-0.15, -0.1) is 0 Å². The van der Waals surface area contributed by atoms with Gasteiger partial charge in [0.25, 0.3) is 0 Å². The normalized spacial score (nSPS) is 15.9. The number of rotatable bonds is 11. The van der Waals surface area contributed by atoms with E-state index in [1.807, 2.05) is 30.3 Å². The van der Waals surface area contributed by atoms with E-state index < -0.39 is 18.0 Å². The summed E-state index contributed by atoms with van der Waals surface area (Å²) in [6.45, 7) is 1.27. The predicted molar refractivity (Wildman–Crippen MR) is 136 cm³/mol. The highest BCUT2D eigenvalue weighted by atomic mass is 16.2. The van der Waals surface area contributed by atoms with Crippen molar-refractivity contribution in [1.29, 1.82) is 0 Å². The summed E-state index contributed by atoms with van der Waals surface area (Å²) in [4.78, 5) is 44.7. The average molecular weight is 484 g/mol. The quantitative estimate of drug-likeness (QED) is 0.313. The van der Waals surface area contributed by atoms with Crippen LogP contribution in [0.3, 0.4) is 0 Å². The molecular formula is C25H37N7O3. The van der Waals surface area contributed by atoms with Gasteiger partial charge < -0.3 is 32.7 Å². The summed E-state index contributed by atoms with van der Waals surface area (Å²) in [5, 5.41) is 6.65. The molecule has 0 radical (unpaired) electrons. The summed E-state index contributed by atoms with van der Waals surface area (Å²) in [5.74, 6) is -1.13. The molecule has 3 amide bonds. The van der Waals surface area contributed by atoms with Gasteiger partial charge in [-0.25, -0.2) is 0 Å². The zero-order chi connectivity index (χ0) is 25.2. The van der Waals surface area contributed by atoms with E-state index in [0.717, 1.165) is 43.0 Å². The van der Waals surface area contributed by atoms with Gasteiger partial charge in [-0.05, 0) is 30.9 Å². The molecule has 10 nitrogen and oxygen atoms in total. The van der Waals surface area contributed by atoms with Crippen LogP contribution < -0.4 is 27.8 Å². The Kier molecular flexibility index (Phi) is 9.95. The third kappa shape index (κ3) is 7.45. The SMILES string of the molecule is NCCN(CCN)C(=O)C[C@H](N)C(=O)N[C@H](C(=O)Nc1cnc2ccccc2c1)C1CCCCC1. The van der Waals surface area contributed by atoms with Crippen LogP contribution in [0.1, 0.15) is 38.5 Å². The number of carbonyl (C=O) groups is 3. The molecular weight excluding hydrogens is 446 g/mol. The minimum atomic E-state index is -1.08. The van der Waals surface area contributed by atoms with Crippen molar-refractivity contribution in [3.05, 3.63) is 36.5 Å². The molecule has 1 aliphatic rings. The molecule has 0 saturated heterocycles. The topological polar surface area (TPSA) is 169 Å².